The molecular formula is C17H14N6. The summed E-state index contributed by atoms with van der Waals surface area (Å²) in [6.45, 7) is 4.11. The molecule has 0 saturated carbocycles. The van der Waals surface area contributed by atoms with Gasteiger partial charge >= 0.3 is 0 Å². The van der Waals surface area contributed by atoms with E-state index in [0.717, 1.165) is 22.5 Å². The summed E-state index contributed by atoms with van der Waals surface area (Å²) < 4.78 is 1.35. The Morgan fingerprint density at radius 2 is 1.30 bits per heavy atom. The molecule has 0 amide bonds. The van der Waals surface area contributed by atoms with Gasteiger partial charge in [-0.3, -0.25) is 0 Å². The Morgan fingerprint density at radius 3 is 1.91 bits per heavy atom. The molecule has 0 fully saturated rings. The third-order valence-electron chi connectivity index (χ3n) is 3.72. The van der Waals surface area contributed by atoms with Crippen molar-refractivity contribution in [2.45, 2.75) is 13.8 Å². The third kappa shape index (κ3) is 2.44. The molecule has 0 unspecified atom stereocenters. The number of rotatable bonds is 2. The van der Waals surface area contributed by atoms with E-state index in [1.165, 1.54) is 15.8 Å². The van der Waals surface area contributed by atoms with Gasteiger partial charge in [0.1, 0.15) is 11.4 Å². The maximum absolute atomic E-state index is 4.60. The highest BCUT2D eigenvalue weighted by molar-refractivity contribution is 5.78. The Kier molecular flexibility index (Phi) is 3.08. The van der Waals surface area contributed by atoms with Crippen LogP contribution in [0.25, 0.3) is 28.3 Å². The van der Waals surface area contributed by atoms with Crippen molar-refractivity contribution in [3.63, 3.8) is 0 Å². The zero-order chi connectivity index (χ0) is 15.8. The lowest BCUT2D eigenvalue weighted by Gasteiger charge is -2.08. The van der Waals surface area contributed by atoms with E-state index >= 15 is 0 Å². The van der Waals surface area contributed by atoms with E-state index in [0.29, 0.717) is 5.78 Å². The summed E-state index contributed by atoms with van der Waals surface area (Å²) in [5, 5.41) is 15.9. The van der Waals surface area contributed by atoms with Crippen LogP contribution in [0.3, 0.4) is 0 Å². The normalized spacial score (nSPS) is 11.0. The van der Waals surface area contributed by atoms with Gasteiger partial charge in [-0.2, -0.15) is 0 Å². The monoisotopic (exact) mass is 302 g/mol. The fourth-order valence-corrected chi connectivity index (χ4v) is 2.42. The average Bonchev–Trinajstić information content (AvgIpc) is 3.03. The molecule has 112 valence electrons. The second-order valence-electron chi connectivity index (χ2n) is 5.51. The molecular weight excluding hydrogens is 288 g/mol. The number of hydrogen-bond acceptors (Lipinski definition) is 5. The Morgan fingerprint density at radius 1 is 0.739 bits per heavy atom. The SMILES string of the molecule is Cc1ccc(-c2nc3nnnn3nc2-c2ccc(C)cc2)cc1. The predicted octanol–water partition coefficient (Wildman–Crippen LogP) is 2.87. The summed E-state index contributed by atoms with van der Waals surface area (Å²) in [5.41, 5.74) is 5.90. The first-order valence-corrected chi connectivity index (χ1v) is 7.31. The summed E-state index contributed by atoms with van der Waals surface area (Å²) in [5.74, 6) is 0.386. The number of fused-ring (bicyclic) bond motifs is 1. The van der Waals surface area contributed by atoms with Crippen LogP contribution in [0.5, 0.6) is 0 Å². The molecule has 4 aromatic rings. The maximum Gasteiger partial charge on any atom is 0.291 e. The number of benzene rings is 2. The van der Waals surface area contributed by atoms with Crippen molar-refractivity contribution in [3.05, 3.63) is 59.7 Å². The van der Waals surface area contributed by atoms with Gasteiger partial charge in [-0.1, -0.05) is 69.4 Å². The first-order chi connectivity index (χ1) is 11.2. The van der Waals surface area contributed by atoms with E-state index < -0.39 is 0 Å². The zero-order valence-electron chi connectivity index (χ0n) is 12.8. The molecule has 2 aromatic carbocycles. The lowest BCUT2D eigenvalue weighted by molar-refractivity contribution is 0.730. The fraction of sp³-hybridized carbons (Fsp3) is 0.118. The average molecular weight is 302 g/mol. The lowest BCUT2D eigenvalue weighted by atomic mass is 10.0. The van der Waals surface area contributed by atoms with Gasteiger partial charge in [-0.25, -0.2) is 4.98 Å². The van der Waals surface area contributed by atoms with Gasteiger partial charge in [-0.05, 0) is 24.3 Å². The smallest absolute Gasteiger partial charge is 0.206 e. The second kappa shape index (κ2) is 5.24. The minimum Gasteiger partial charge on any atom is -0.206 e. The molecule has 4 rings (SSSR count). The highest BCUT2D eigenvalue weighted by Gasteiger charge is 2.14. The van der Waals surface area contributed by atoms with Crippen LogP contribution in [-0.2, 0) is 0 Å². The van der Waals surface area contributed by atoms with Crippen LogP contribution < -0.4 is 0 Å². The van der Waals surface area contributed by atoms with Crippen molar-refractivity contribution in [3.8, 4) is 22.5 Å². The van der Waals surface area contributed by atoms with Crippen LogP contribution in [0.1, 0.15) is 11.1 Å². The predicted molar refractivity (Wildman–Crippen MR) is 86.7 cm³/mol. The number of nitrogens with zero attached hydrogens (tertiary/aromatic N) is 6. The molecule has 23 heavy (non-hydrogen) atoms. The molecule has 0 N–H and O–H groups in total. The number of aromatic nitrogens is 6. The van der Waals surface area contributed by atoms with E-state index in [4.69, 9.17) is 0 Å². The molecule has 0 aliphatic rings. The first kappa shape index (κ1) is 13.5. The highest BCUT2D eigenvalue weighted by atomic mass is 15.6. The summed E-state index contributed by atoms with van der Waals surface area (Å²) >= 11 is 0. The van der Waals surface area contributed by atoms with Crippen LogP contribution in [0.15, 0.2) is 48.5 Å². The largest absolute Gasteiger partial charge is 0.291 e. The summed E-state index contributed by atoms with van der Waals surface area (Å²) in [4.78, 5) is 4.60. The molecule has 0 saturated heterocycles. The topological polar surface area (TPSA) is 68.9 Å². The molecule has 0 aliphatic heterocycles. The van der Waals surface area contributed by atoms with E-state index in [2.05, 4.69) is 63.7 Å². The molecule has 0 spiro atoms. The number of aryl methyl sites for hydroxylation is 2. The molecule has 0 atom stereocenters. The van der Waals surface area contributed by atoms with Gasteiger partial charge in [0.05, 0.1) is 0 Å². The van der Waals surface area contributed by atoms with Crippen LogP contribution in [0.2, 0.25) is 0 Å². The van der Waals surface area contributed by atoms with Crippen molar-refractivity contribution in [2.75, 3.05) is 0 Å². The van der Waals surface area contributed by atoms with Crippen LogP contribution >= 0.6 is 0 Å². The molecule has 0 bridgehead atoms. The van der Waals surface area contributed by atoms with E-state index in [9.17, 15) is 0 Å². The van der Waals surface area contributed by atoms with Gasteiger partial charge in [0, 0.05) is 11.1 Å². The van der Waals surface area contributed by atoms with Crippen LogP contribution in [-0.4, -0.2) is 30.2 Å². The molecule has 6 heteroatoms. The molecule has 6 nitrogen and oxygen atoms in total. The summed E-state index contributed by atoms with van der Waals surface area (Å²) in [7, 11) is 0. The third-order valence-corrected chi connectivity index (χ3v) is 3.72. The highest BCUT2D eigenvalue weighted by Crippen LogP contribution is 2.29. The van der Waals surface area contributed by atoms with E-state index in [1.54, 1.807) is 0 Å². The Bertz CT molecular complexity index is 891. The van der Waals surface area contributed by atoms with Gasteiger partial charge in [-0.15, -0.1) is 5.10 Å². The zero-order valence-corrected chi connectivity index (χ0v) is 12.8. The molecule has 0 radical (unpaired) electrons. The van der Waals surface area contributed by atoms with Crippen LogP contribution in [0, 0.1) is 13.8 Å². The lowest BCUT2D eigenvalue weighted by Crippen LogP contribution is -2.03. The van der Waals surface area contributed by atoms with Gasteiger partial charge in [0.25, 0.3) is 5.78 Å². The van der Waals surface area contributed by atoms with Crippen molar-refractivity contribution in [2.24, 2.45) is 0 Å². The minimum absolute atomic E-state index is 0.386. The molecule has 2 aromatic heterocycles. The summed E-state index contributed by atoms with van der Waals surface area (Å²) in [6, 6.07) is 16.4. The quantitative estimate of drug-likeness (QED) is 0.569. The minimum atomic E-state index is 0.386. The van der Waals surface area contributed by atoms with Gasteiger partial charge in [0.2, 0.25) is 0 Å². The first-order valence-electron chi connectivity index (χ1n) is 7.31. The van der Waals surface area contributed by atoms with Crippen molar-refractivity contribution < 1.29 is 0 Å². The van der Waals surface area contributed by atoms with Crippen LogP contribution in [0.4, 0.5) is 0 Å². The molecule has 2 heterocycles. The van der Waals surface area contributed by atoms with E-state index in [-0.39, 0.29) is 0 Å². The summed E-state index contributed by atoms with van der Waals surface area (Å²) in [6.07, 6.45) is 0. The fourth-order valence-electron chi connectivity index (χ4n) is 2.42. The second-order valence-corrected chi connectivity index (χ2v) is 5.51. The van der Waals surface area contributed by atoms with Crippen molar-refractivity contribution >= 4 is 5.78 Å². The standard InChI is InChI=1S/C17H14N6/c1-11-3-7-13(8-4-11)15-16(14-9-5-12(2)6-10-14)20-23-17(18-15)19-21-22-23/h3-10H,1-2H3. The maximum atomic E-state index is 4.60. The van der Waals surface area contributed by atoms with Gasteiger partial charge in [0.15, 0.2) is 0 Å². The molecule has 0 aliphatic carbocycles. The number of hydrogen-bond donors (Lipinski definition) is 0. The van der Waals surface area contributed by atoms with Crippen molar-refractivity contribution in [1.82, 2.24) is 30.2 Å². The Balaban J connectivity index is 1.98. The Hall–Kier alpha value is -3.15. The number of tetrazole rings is 1. The van der Waals surface area contributed by atoms with Crippen molar-refractivity contribution in [1.29, 1.82) is 0 Å². The Labute approximate surface area is 132 Å². The van der Waals surface area contributed by atoms with Gasteiger partial charge < -0.3 is 0 Å². The van der Waals surface area contributed by atoms with E-state index in [1.807, 2.05) is 24.3 Å².